The monoisotopic (exact) mass is 173 g/mol. The molecule has 0 aliphatic carbocycles. The predicted molar refractivity (Wildman–Crippen MR) is 41.6 cm³/mol. The highest BCUT2D eigenvalue weighted by molar-refractivity contribution is 7.92. The van der Waals surface area contributed by atoms with Crippen LogP contribution in [-0.4, -0.2) is 19.4 Å². The van der Waals surface area contributed by atoms with Gasteiger partial charge in [0.1, 0.15) is 0 Å². The molecule has 0 unspecified atom stereocenters. The first-order valence-corrected chi connectivity index (χ1v) is 5.39. The minimum absolute atomic E-state index is 0.0477. The van der Waals surface area contributed by atoms with Gasteiger partial charge in [-0.05, 0) is 19.8 Å². The van der Waals surface area contributed by atoms with Crippen LogP contribution in [0.25, 0.3) is 0 Å². The summed E-state index contributed by atoms with van der Waals surface area (Å²) in [5.74, 6) is 0.139. The summed E-state index contributed by atoms with van der Waals surface area (Å²) in [4.78, 5) is 0. The van der Waals surface area contributed by atoms with Gasteiger partial charge in [0.2, 0.25) is 0 Å². The van der Waals surface area contributed by atoms with Crippen LogP contribution in [0.4, 0.5) is 0 Å². The zero-order valence-electron chi connectivity index (χ0n) is 6.45. The van der Waals surface area contributed by atoms with Crippen molar-refractivity contribution in [2.75, 3.05) is 5.75 Å². The first-order valence-electron chi connectivity index (χ1n) is 3.67. The smallest absolute Gasteiger partial charge is 0.152 e. The summed E-state index contributed by atoms with van der Waals surface area (Å²) in [6.45, 7) is 1.68. The Morgan fingerprint density at radius 2 is 2.18 bits per heavy atom. The normalized spacial score (nSPS) is 36.0. The summed E-state index contributed by atoms with van der Waals surface area (Å²) in [6, 6.07) is 2.11. The highest BCUT2D eigenvalue weighted by Gasteiger charge is 2.30. The second kappa shape index (κ2) is 2.82. The van der Waals surface area contributed by atoms with Crippen molar-refractivity contribution < 1.29 is 8.42 Å². The number of nitrogens with zero attached hydrogens (tertiary/aromatic N) is 1. The van der Waals surface area contributed by atoms with Gasteiger partial charge in [-0.15, -0.1) is 0 Å². The molecular weight excluding hydrogens is 162 g/mol. The van der Waals surface area contributed by atoms with Crippen molar-refractivity contribution in [3.05, 3.63) is 0 Å². The van der Waals surface area contributed by atoms with Crippen LogP contribution < -0.4 is 0 Å². The van der Waals surface area contributed by atoms with Gasteiger partial charge in [-0.1, -0.05) is 0 Å². The largest absolute Gasteiger partial charge is 0.229 e. The van der Waals surface area contributed by atoms with Gasteiger partial charge >= 0.3 is 0 Å². The van der Waals surface area contributed by atoms with Gasteiger partial charge in [0.05, 0.1) is 17.1 Å². The van der Waals surface area contributed by atoms with E-state index in [1.54, 1.807) is 6.92 Å². The molecule has 62 valence electrons. The van der Waals surface area contributed by atoms with Gasteiger partial charge in [0.25, 0.3) is 0 Å². The first-order chi connectivity index (χ1) is 5.06. The van der Waals surface area contributed by atoms with E-state index >= 15 is 0 Å². The summed E-state index contributed by atoms with van der Waals surface area (Å²) >= 11 is 0. The molecule has 0 aromatic carbocycles. The molecule has 2 atom stereocenters. The SMILES string of the molecule is C[C@@H]1C[C@@H](C#N)CCS1(=O)=O. The van der Waals surface area contributed by atoms with Gasteiger partial charge < -0.3 is 0 Å². The molecular formula is C7H11NO2S. The van der Waals surface area contributed by atoms with Crippen molar-refractivity contribution in [3.63, 3.8) is 0 Å². The molecule has 1 rings (SSSR count). The number of hydrogen-bond donors (Lipinski definition) is 0. The Bertz CT molecular complexity index is 275. The number of nitriles is 1. The molecule has 1 heterocycles. The molecule has 1 saturated heterocycles. The molecule has 1 aliphatic heterocycles. The van der Waals surface area contributed by atoms with Crippen molar-refractivity contribution in [1.29, 1.82) is 5.26 Å². The van der Waals surface area contributed by atoms with Gasteiger partial charge in [-0.3, -0.25) is 0 Å². The van der Waals surface area contributed by atoms with Crippen LogP contribution in [0.1, 0.15) is 19.8 Å². The van der Waals surface area contributed by atoms with E-state index in [1.807, 2.05) is 0 Å². The molecule has 0 bridgehead atoms. The molecule has 0 radical (unpaired) electrons. The van der Waals surface area contributed by atoms with Gasteiger partial charge in [-0.25, -0.2) is 8.42 Å². The second-order valence-corrected chi connectivity index (χ2v) is 5.57. The molecule has 0 amide bonds. The van der Waals surface area contributed by atoms with E-state index in [0.717, 1.165) is 0 Å². The average molecular weight is 173 g/mol. The fourth-order valence-electron chi connectivity index (χ4n) is 1.29. The van der Waals surface area contributed by atoms with E-state index in [-0.39, 0.29) is 16.9 Å². The van der Waals surface area contributed by atoms with Crippen LogP contribution in [0, 0.1) is 17.2 Å². The van der Waals surface area contributed by atoms with Crippen LogP contribution in [0.15, 0.2) is 0 Å². The Hall–Kier alpha value is -0.560. The minimum Gasteiger partial charge on any atom is -0.229 e. The van der Waals surface area contributed by atoms with E-state index in [4.69, 9.17) is 5.26 Å². The Morgan fingerprint density at radius 3 is 2.64 bits per heavy atom. The van der Waals surface area contributed by atoms with Gasteiger partial charge in [0, 0.05) is 5.92 Å². The van der Waals surface area contributed by atoms with E-state index in [2.05, 4.69) is 6.07 Å². The maximum absolute atomic E-state index is 11.1. The zero-order chi connectivity index (χ0) is 8.48. The quantitative estimate of drug-likeness (QED) is 0.542. The topological polar surface area (TPSA) is 57.9 Å². The average Bonchev–Trinajstić information content (AvgIpc) is 1.95. The second-order valence-electron chi connectivity index (χ2n) is 3.03. The van der Waals surface area contributed by atoms with Crippen LogP contribution >= 0.6 is 0 Å². The van der Waals surface area contributed by atoms with Gasteiger partial charge in [0.15, 0.2) is 9.84 Å². The van der Waals surface area contributed by atoms with Crippen LogP contribution in [0.5, 0.6) is 0 Å². The van der Waals surface area contributed by atoms with Crippen molar-refractivity contribution in [2.45, 2.75) is 25.0 Å². The molecule has 0 N–H and O–H groups in total. The summed E-state index contributed by atoms with van der Waals surface area (Å²) in [5.41, 5.74) is 0. The predicted octanol–water partition coefficient (Wildman–Crippen LogP) is 0.723. The summed E-state index contributed by atoms with van der Waals surface area (Å²) in [7, 11) is -2.86. The van der Waals surface area contributed by atoms with Crippen molar-refractivity contribution in [2.24, 2.45) is 5.92 Å². The Morgan fingerprint density at radius 1 is 1.55 bits per heavy atom. The third-order valence-electron chi connectivity index (χ3n) is 2.16. The lowest BCUT2D eigenvalue weighted by molar-refractivity contribution is 0.504. The van der Waals surface area contributed by atoms with Gasteiger partial charge in [-0.2, -0.15) is 5.26 Å². The Labute approximate surface area is 66.9 Å². The Balaban J connectivity index is 2.72. The zero-order valence-corrected chi connectivity index (χ0v) is 7.26. The highest BCUT2D eigenvalue weighted by Crippen LogP contribution is 2.23. The molecule has 0 aromatic heterocycles. The van der Waals surface area contributed by atoms with Crippen LogP contribution in [0.2, 0.25) is 0 Å². The third-order valence-corrected chi connectivity index (χ3v) is 4.39. The highest BCUT2D eigenvalue weighted by atomic mass is 32.2. The summed E-state index contributed by atoms with van der Waals surface area (Å²) in [5, 5.41) is 8.22. The van der Waals surface area contributed by atoms with E-state index in [0.29, 0.717) is 12.8 Å². The number of sulfone groups is 1. The fraction of sp³-hybridized carbons (Fsp3) is 0.857. The molecule has 4 heteroatoms. The van der Waals surface area contributed by atoms with E-state index in [9.17, 15) is 8.42 Å². The standard InChI is InChI=1S/C7H11NO2S/c1-6-4-7(5-8)2-3-11(6,9)10/h6-7H,2-4H2,1H3/t6-,7+/m1/s1. The first kappa shape index (κ1) is 8.54. The molecule has 1 fully saturated rings. The fourth-order valence-corrected chi connectivity index (χ4v) is 2.83. The lowest BCUT2D eigenvalue weighted by Crippen LogP contribution is -2.30. The third kappa shape index (κ3) is 1.72. The molecule has 0 saturated carbocycles. The summed E-state index contributed by atoms with van der Waals surface area (Å²) in [6.07, 6.45) is 1.03. The van der Waals surface area contributed by atoms with E-state index in [1.165, 1.54) is 0 Å². The molecule has 1 aliphatic rings. The van der Waals surface area contributed by atoms with Crippen molar-refractivity contribution in [1.82, 2.24) is 0 Å². The van der Waals surface area contributed by atoms with Crippen LogP contribution in [0.3, 0.4) is 0 Å². The van der Waals surface area contributed by atoms with Crippen molar-refractivity contribution in [3.8, 4) is 6.07 Å². The number of hydrogen-bond acceptors (Lipinski definition) is 3. The number of rotatable bonds is 0. The minimum atomic E-state index is -2.86. The molecule has 3 nitrogen and oxygen atoms in total. The molecule has 11 heavy (non-hydrogen) atoms. The van der Waals surface area contributed by atoms with Crippen molar-refractivity contribution >= 4 is 9.84 Å². The van der Waals surface area contributed by atoms with E-state index < -0.39 is 9.84 Å². The van der Waals surface area contributed by atoms with Crippen LogP contribution in [-0.2, 0) is 9.84 Å². The lowest BCUT2D eigenvalue weighted by atomic mass is 10.0. The maximum atomic E-state index is 11.1. The molecule has 0 spiro atoms. The maximum Gasteiger partial charge on any atom is 0.152 e. The Kier molecular flexibility index (Phi) is 2.19. The lowest BCUT2D eigenvalue weighted by Gasteiger charge is -2.21. The molecule has 0 aromatic rings. The summed E-state index contributed by atoms with van der Waals surface area (Å²) < 4.78 is 22.3.